The highest BCUT2D eigenvalue weighted by atomic mass is 79.9. The van der Waals surface area contributed by atoms with Crippen molar-refractivity contribution in [2.45, 2.75) is 32.6 Å². The van der Waals surface area contributed by atoms with E-state index in [9.17, 15) is 0 Å². The minimum Gasteiger partial charge on any atom is -0.241 e. The van der Waals surface area contributed by atoms with Crippen molar-refractivity contribution in [3.63, 3.8) is 0 Å². The van der Waals surface area contributed by atoms with E-state index in [1.807, 2.05) is 6.07 Å². The van der Waals surface area contributed by atoms with Gasteiger partial charge in [-0.25, -0.2) is 9.97 Å². The molecule has 0 unspecified atom stereocenters. The van der Waals surface area contributed by atoms with Crippen LogP contribution in [0.1, 0.15) is 38.4 Å². The maximum absolute atomic E-state index is 4.32. The smallest absolute Gasteiger partial charge is 0.132 e. The van der Waals surface area contributed by atoms with Crippen LogP contribution in [0.15, 0.2) is 16.9 Å². The zero-order valence-electron chi connectivity index (χ0n) is 7.42. The molecule has 1 aromatic heterocycles. The summed E-state index contributed by atoms with van der Waals surface area (Å²) in [6.07, 6.45) is 4.00. The van der Waals surface area contributed by atoms with E-state index >= 15 is 0 Å². The third-order valence-corrected chi connectivity index (χ3v) is 2.43. The lowest BCUT2D eigenvalue weighted by Gasteiger charge is -2.09. The van der Waals surface area contributed by atoms with Crippen molar-refractivity contribution < 1.29 is 0 Å². The minimum absolute atomic E-state index is 0.502. The Morgan fingerprint density at radius 1 is 1.42 bits per heavy atom. The molecule has 0 bridgehead atoms. The van der Waals surface area contributed by atoms with Crippen molar-refractivity contribution in [1.82, 2.24) is 9.97 Å². The predicted octanol–water partition coefficient (Wildman–Crippen LogP) is 3.14. The average Bonchev–Trinajstić information content (AvgIpc) is 2.07. The summed E-state index contributed by atoms with van der Waals surface area (Å²) in [6.45, 7) is 4.33. The molecule has 0 radical (unpaired) electrons. The second-order valence-corrected chi connectivity index (χ2v) is 3.56. The summed E-state index contributed by atoms with van der Waals surface area (Å²) >= 11 is 3.34. The largest absolute Gasteiger partial charge is 0.241 e. The van der Waals surface area contributed by atoms with E-state index in [2.05, 4.69) is 39.7 Å². The van der Waals surface area contributed by atoms with Crippen LogP contribution < -0.4 is 0 Å². The van der Waals surface area contributed by atoms with Crippen LogP contribution in [-0.4, -0.2) is 9.97 Å². The number of hydrogen-bond acceptors (Lipinski definition) is 2. The van der Waals surface area contributed by atoms with E-state index in [1.165, 1.54) is 0 Å². The number of aromatic nitrogens is 2. The van der Waals surface area contributed by atoms with Crippen LogP contribution in [0.25, 0.3) is 0 Å². The summed E-state index contributed by atoms with van der Waals surface area (Å²) in [5.74, 6) is 1.46. The Labute approximate surface area is 81.6 Å². The lowest BCUT2D eigenvalue weighted by Crippen LogP contribution is -2.01. The Bertz CT molecular complexity index is 246. The van der Waals surface area contributed by atoms with Crippen molar-refractivity contribution >= 4 is 15.9 Å². The summed E-state index contributed by atoms with van der Waals surface area (Å²) in [5.41, 5.74) is 0. The molecule has 0 saturated heterocycles. The van der Waals surface area contributed by atoms with Crippen LogP contribution in [0.5, 0.6) is 0 Å². The molecule has 1 heterocycles. The van der Waals surface area contributed by atoms with Gasteiger partial charge in [-0.2, -0.15) is 0 Å². The number of rotatable bonds is 3. The van der Waals surface area contributed by atoms with Crippen LogP contribution in [0.4, 0.5) is 0 Å². The van der Waals surface area contributed by atoms with Crippen molar-refractivity contribution in [1.29, 1.82) is 0 Å². The number of hydrogen-bond donors (Lipinski definition) is 0. The fraction of sp³-hybridized carbons (Fsp3) is 0.556. The summed E-state index contributed by atoms with van der Waals surface area (Å²) in [6, 6.07) is 1.85. The van der Waals surface area contributed by atoms with E-state index in [4.69, 9.17) is 0 Å². The third-order valence-electron chi connectivity index (χ3n) is 1.99. The van der Waals surface area contributed by atoms with Gasteiger partial charge in [0, 0.05) is 12.1 Å². The number of nitrogens with zero attached hydrogens (tertiary/aromatic N) is 2. The number of halogens is 1. The second-order valence-electron chi connectivity index (χ2n) is 2.75. The highest BCUT2D eigenvalue weighted by Gasteiger charge is 2.09. The van der Waals surface area contributed by atoms with E-state index in [-0.39, 0.29) is 0 Å². The van der Waals surface area contributed by atoms with Gasteiger partial charge in [-0.15, -0.1) is 0 Å². The Morgan fingerprint density at radius 3 is 2.58 bits per heavy atom. The van der Waals surface area contributed by atoms with Crippen LogP contribution in [0.2, 0.25) is 0 Å². The first-order chi connectivity index (χ1) is 5.77. The second kappa shape index (κ2) is 4.55. The SMILES string of the molecule is CCC(CC)c1nccc(Br)n1. The molecule has 0 amide bonds. The molecular formula is C9H13BrN2. The molecule has 0 saturated carbocycles. The Balaban J connectivity index is 2.85. The van der Waals surface area contributed by atoms with Gasteiger partial charge in [-0.3, -0.25) is 0 Å². The van der Waals surface area contributed by atoms with Gasteiger partial charge < -0.3 is 0 Å². The summed E-state index contributed by atoms with van der Waals surface area (Å²) in [4.78, 5) is 8.56. The molecule has 0 aliphatic carbocycles. The Hall–Kier alpha value is -0.440. The molecule has 0 aliphatic rings. The van der Waals surface area contributed by atoms with Crippen molar-refractivity contribution in [2.75, 3.05) is 0 Å². The molecule has 0 atom stereocenters. The molecule has 0 aliphatic heterocycles. The molecule has 2 nitrogen and oxygen atoms in total. The van der Waals surface area contributed by atoms with E-state index in [1.54, 1.807) is 6.20 Å². The fourth-order valence-corrected chi connectivity index (χ4v) is 1.50. The lowest BCUT2D eigenvalue weighted by molar-refractivity contribution is 0.600. The molecular weight excluding hydrogens is 216 g/mol. The quantitative estimate of drug-likeness (QED) is 0.744. The van der Waals surface area contributed by atoms with Gasteiger partial charge >= 0.3 is 0 Å². The maximum Gasteiger partial charge on any atom is 0.132 e. The zero-order valence-corrected chi connectivity index (χ0v) is 9.00. The normalized spacial score (nSPS) is 10.7. The first-order valence-electron chi connectivity index (χ1n) is 4.26. The molecule has 12 heavy (non-hydrogen) atoms. The van der Waals surface area contributed by atoms with Gasteiger partial charge in [0.05, 0.1) is 0 Å². The van der Waals surface area contributed by atoms with Crippen molar-refractivity contribution in [3.8, 4) is 0 Å². The molecule has 3 heteroatoms. The maximum atomic E-state index is 4.32. The Kier molecular flexibility index (Phi) is 3.66. The van der Waals surface area contributed by atoms with E-state index < -0.39 is 0 Å². The molecule has 66 valence electrons. The van der Waals surface area contributed by atoms with Crippen LogP contribution >= 0.6 is 15.9 Å². The molecule has 0 fully saturated rings. The van der Waals surface area contributed by atoms with Crippen LogP contribution in [0.3, 0.4) is 0 Å². The topological polar surface area (TPSA) is 25.8 Å². The molecule has 0 spiro atoms. The van der Waals surface area contributed by atoms with Gasteiger partial charge in [0.15, 0.2) is 0 Å². The first kappa shape index (κ1) is 9.65. The third kappa shape index (κ3) is 2.27. The molecule has 0 N–H and O–H groups in total. The van der Waals surface area contributed by atoms with Crippen LogP contribution in [0, 0.1) is 0 Å². The average molecular weight is 229 g/mol. The van der Waals surface area contributed by atoms with Gasteiger partial charge in [-0.05, 0) is 34.8 Å². The monoisotopic (exact) mass is 228 g/mol. The lowest BCUT2D eigenvalue weighted by atomic mass is 10.0. The highest BCUT2D eigenvalue weighted by Crippen LogP contribution is 2.19. The first-order valence-corrected chi connectivity index (χ1v) is 5.05. The van der Waals surface area contributed by atoms with E-state index in [0.717, 1.165) is 23.3 Å². The molecule has 1 aromatic rings. The summed E-state index contributed by atoms with van der Waals surface area (Å²) in [5, 5.41) is 0. The summed E-state index contributed by atoms with van der Waals surface area (Å²) in [7, 11) is 0. The van der Waals surface area contributed by atoms with Crippen molar-refractivity contribution in [2.24, 2.45) is 0 Å². The van der Waals surface area contributed by atoms with E-state index in [0.29, 0.717) is 5.92 Å². The molecule has 0 aromatic carbocycles. The fourth-order valence-electron chi connectivity index (χ4n) is 1.20. The highest BCUT2D eigenvalue weighted by molar-refractivity contribution is 9.10. The van der Waals surface area contributed by atoms with Gasteiger partial charge in [0.25, 0.3) is 0 Å². The standard InChI is InChI=1S/C9H13BrN2/c1-3-7(4-2)9-11-6-5-8(10)12-9/h5-7H,3-4H2,1-2H3. The summed E-state index contributed by atoms with van der Waals surface area (Å²) < 4.78 is 0.874. The molecule has 1 rings (SSSR count). The van der Waals surface area contributed by atoms with Gasteiger partial charge in [0.2, 0.25) is 0 Å². The zero-order chi connectivity index (χ0) is 8.97. The van der Waals surface area contributed by atoms with Gasteiger partial charge in [0.1, 0.15) is 10.4 Å². The van der Waals surface area contributed by atoms with Crippen molar-refractivity contribution in [3.05, 3.63) is 22.7 Å². The predicted molar refractivity (Wildman–Crippen MR) is 53.1 cm³/mol. The van der Waals surface area contributed by atoms with Crippen LogP contribution in [-0.2, 0) is 0 Å². The van der Waals surface area contributed by atoms with Gasteiger partial charge in [-0.1, -0.05) is 13.8 Å². The Morgan fingerprint density at radius 2 is 2.08 bits per heavy atom. The minimum atomic E-state index is 0.502.